The second-order valence-corrected chi connectivity index (χ2v) is 7.46. The number of nitro benzene ring substituents is 1. The fraction of sp³-hybridized carbons (Fsp3) is 0.125. The SMILES string of the molecule is CC1C(=O)/C(=N\NC(=O)C(O)(c2ccccc2)c2ccccc2)c2cc([N+](=O)[O-])ccc21. The molecule has 1 aliphatic rings. The standard InChI is InChI=1S/C24H19N3O5/c1-15-19-13-12-18(27(31)32)14-20(19)21(22(15)28)25-26-23(29)24(30,16-8-4-2-5-9-16)17-10-6-3-7-11-17/h2-15,30H,1H3,(H,26,29)/b25-21-. The number of aliphatic hydroxyl groups is 1. The Kier molecular flexibility index (Phi) is 5.38. The molecule has 0 heterocycles. The lowest BCUT2D eigenvalue weighted by Gasteiger charge is -2.27. The van der Waals surface area contributed by atoms with Crippen molar-refractivity contribution in [1.29, 1.82) is 0 Å². The van der Waals surface area contributed by atoms with Crippen molar-refractivity contribution in [3.8, 4) is 0 Å². The topological polar surface area (TPSA) is 122 Å². The molecule has 2 N–H and O–H groups in total. The highest BCUT2D eigenvalue weighted by molar-refractivity contribution is 6.51. The van der Waals surface area contributed by atoms with E-state index in [0.29, 0.717) is 22.3 Å². The molecule has 1 aliphatic carbocycles. The predicted molar refractivity (Wildman–Crippen MR) is 117 cm³/mol. The molecule has 0 aromatic heterocycles. The largest absolute Gasteiger partial charge is 0.372 e. The first kappa shape index (κ1) is 21.1. The molecular weight excluding hydrogens is 410 g/mol. The maximum absolute atomic E-state index is 13.2. The zero-order valence-corrected chi connectivity index (χ0v) is 17.1. The van der Waals surface area contributed by atoms with Gasteiger partial charge >= 0.3 is 0 Å². The van der Waals surface area contributed by atoms with Gasteiger partial charge in [-0.3, -0.25) is 19.7 Å². The molecule has 8 nitrogen and oxygen atoms in total. The number of hydrogen-bond acceptors (Lipinski definition) is 6. The normalized spacial score (nSPS) is 16.6. The summed E-state index contributed by atoms with van der Waals surface area (Å²) in [5.41, 5.74) is 1.51. The van der Waals surface area contributed by atoms with Crippen molar-refractivity contribution in [2.24, 2.45) is 5.10 Å². The number of Topliss-reactive ketones (excluding diaryl/α,β-unsaturated/α-hetero) is 1. The van der Waals surface area contributed by atoms with Gasteiger partial charge in [-0.25, -0.2) is 5.43 Å². The van der Waals surface area contributed by atoms with E-state index >= 15 is 0 Å². The molecule has 32 heavy (non-hydrogen) atoms. The van der Waals surface area contributed by atoms with E-state index in [9.17, 15) is 24.8 Å². The number of carbonyl (C=O) groups excluding carboxylic acids is 2. The highest BCUT2D eigenvalue weighted by Crippen LogP contribution is 2.33. The van der Waals surface area contributed by atoms with Gasteiger partial charge in [-0.2, -0.15) is 5.10 Å². The predicted octanol–water partition coefficient (Wildman–Crippen LogP) is 3.04. The second kappa shape index (κ2) is 8.16. The van der Waals surface area contributed by atoms with Gasteiger partial charge in [0.1, 0.15) is 5.71 Å². The van der Waals surface area contributed by atoms with Crippen LogP contribution < -0.4 is 5.43 Å². The van der Waals surface area contributed by atoms with Crippen LogP contribution in [-0.4, -0.2) is 27.4 Å². The van der Waals surface area contributed by atoms with Crippen molar-refractivity contribution in [3.05, 3.63) is 111 Å². The fourth-order valence-electron chi connectivity index (χ4n) is 3.81. The first-order valence-corrected chi connectivity index (χ1v) is 9.88. The van der Waals surface area contributed by atoms with Crippen LogP contribution in [0.1, 0.15) is 35.1 Å². The molecule has 0 radical (unpaired) electrons. The van der Waals surface area contributed by atoms with Gasteiger partial charge in [-0.05, 0) is 16.7 Å². The molecule has 8 heteroatoms. The van der Waals surface area contributed by atoms with E-state index in [0.717, 1.165) is 0 Å². The number of nitrogens with zero attached hydrogens (tertiary/aromatic N) is 2. The second-order valence-electron chi connectivity index (χ2n) is 7.46. The third-order valence-electron chi connectivity index (χ3n) is 5.58. The highest BCUT2D eigenvalue weighted by Gasteiger charge is 2.41. The number of amides is 1. The minimum atomic E-state index is -2.06. The number of fused-ring (bicyclic) bond motifs is 1. The van der Waals surface area contributed by atoms with Crippen molar-refractivity contribution in [1.82, 2.24) is 5.43 Å². The summed E-state index contributed by atoms with van der Waals surface area (Å²) in [6.45, 7) is 1.67. The van der Waals surface area contributed by atoms with Crippen molar-refractivity contribution < 1.29 is 19.6 Å². The van der Waals surface area contributed by atoms with Gasteiger partial charge in [0.25, 0.3) is 11.6 Å². The molecule has 3 aromatic carbocycles. The molecule has 0 saturated carbocycles. The summed E-state index contributed by atoms with van der Waals surface area (Å²) in [5.74, 6) is -1.78. The molecule has 0 aliphatic heterocycles. The van der Waals surface area contributed by atoms with E-state index < -0.39 is 22.3 Å². The highest BCUT2D eigenvalue weighted by atomic mass is 16.6. The van der Waals surface area contributed by atoms with E-state index in [2.05, 4.69) is 10.5 Å². The average molecular weight is 429 g/mol. The summed E-state index contributed by atoms with van der Waals surface area (Å²) in [4.78, 5) is 36.5. The molecule has 1 unspecified atom stereocenters. The Morgan fingerprint density at radius 3 is 2.12 bits per heavy atom. The molecule has 0 spiro atoms. The monoisotopic (exact) mass is 429 g/mol. The summed E-state index contributed by atoms with van der Waals surface area (Å²) < 4.78 is 0. The number of carbonyl (C=O) groups is 2. The summed E-state index contributed by atoms with van der Waals surface area (Å²) in [7, 11) is 0. The zero-order chi connectivity index (χ0) is 22.9. The summed E-state index contributed by atoms with van der Waals surface area (Å²) in [6, 6.07) is 20.9. The van der Waals surface area contributed by atoms with E-state index in [1.54, 1.807) is 67.6 Å². The van der Waals surface area contributed by atoms with Gasteiger partial charge in [0.05, 0.1) is 4.92 Å². The third kappa shape index (κ3) is 3.46. The zero-order valence-electron chi connectivity index (χ0n) is 17.1. The molecule has 1 amide bonds. The van der Waals surface area contributed by atoms with Crippen LogP contribution in [0.2, 0.25) is 0 Å². The summed E-state index contributed by atoms with van der Waals surface area (Å²) >= 11 is 0. The van der Waals surface area contributed by atoms with Crippen molar-refractivity contribution in [2.45, 2.75) is 18.4 Å². The quantitative estimate of drug-likeness (QED) is 0.477. The number of benzene rings is 3. The Hall–Kier alpha value is -4.17. The minimum absolute atomic E-state index is 0.0898. The molecule has 1 atom stereocenters. The van der Waals surface area contributed by atoms with Crippen LogP contribution in [0.4, 0.5) is 5.69 Å². The molecule has 3 aromatic rings. The van der Waals surface area contributed by atoms with Gasteiger partial charge < -0.3 is 5.11 Å². The molecule has 0 saturated heterocycles. The van der Waals surface area contributed by atoms with Crippen molar-refractivity contribution in [3.63, 3.8) is 0 Å². The van der Waals surface area contributed by atoms with Crippen molar-refractivity contribution >= 4 is 23.1 Å². The van der Waals surface area contributed by atoms with Gasteiger partial charge in [0.2, 0.25) is 0 Å². The van der Waals surface area contributed by atoms with Gasteiger partial charge in [-0.1, -0.05) is 73.7 Å². The van der Waals surface area contributed by atoms with E-state index in [4.69, 9.17) is 0 Å². The maximum atomic E-state index is 13.2. The van der Waals surface area contributed by atoms with Crippen LogP contribution in [0, 0.1) is 10.1 Å². The van der Waals surface area contributed by atoms with Gasteiger partial charge in [-0.15, -0.1) is 0 Å². The first-order valence-electron chi connectivity index (χ1n) is 9.88. The van der Waals surface area contributed by atoms with Crippen LogP contribution in [0.25, 0.3) is 0 Å². The van der Waals surface area contributed by atoms with E-state index in [1.807, 2.05) is 0 Å². The Morgan fingerprint density at radius 1 is 1.03 bits per heavy atom. The minimum Gasteiger partial charge on any atom is -0.372 e. The number of nitro groups is 1. The Morgan fingerprint density at radius 2 is 1.59 bits per heavy atom. The molecule has 4 rings (SSSR count). The van der Waals surface area contributed by atoms with E-state index in [-0.39, 0.29) is 17.2 Å². The molecule has 160 valence electrons. The van der Waals surface area contributed by atoms with Crippen LogP contribution >= 0.6 is 0 Å². The van der Waals surface area contributed by atoms with Crippen LogP contribution in [-0.2, 0) is 15.2 Å². The Balaban J connectivity index is 1.74. The van der Waals surface area contributed by atoms with Crippen molar-refractivity contribution in [2.75, 3.05) is 0 Å². The van der Waals surface area contributed by atoms with E-state index in [1.165, 1.54) is 18.2 Å². The molecule has 0 bridgehead atoms. The molecular formula is C24H19N3O5. The lowest BCUT2D eigenvalue weighted by Crippen LogP contribution is -2.44. The first-order chi connectivity index (χ1) is 15.3. The number of hydrazone groups is 1. The smallest absolute Gasteiger partial charge is 0.281 e. The van der Waals surface area contributed by atoms with Gasteiger partial charge in [0, 0.05) is 23.6 Å². The summed E-state index contributed by atoms with van der Waals surface area (Å²) in [5, 5.41) is 26.6. The number of non-ortho nitro benzene ring substituents is 1. The number of hydrogen-bond donors (Lipinski definition) is 2. The van der Waals surface area contributed by atoms with Crippen LogP contribution in [0.5, 0.6) is 0 Å². The number of nitrogens with one attached hydrogen (secondary N) is 1. The lowest BCUT2D eigenvalue weighted by atomic mass is 9.85. The number of rotatable bonds is 5. The van der Waals surface area contributed by atoms with Gasteiger partial charge in [0.15, 0.2) is 11.4 Å². The summed E-state index contributed by atoms with van der Waals surface area (Å²) in [6.07, 6.45) is 0. The lowest BCUT2D eigenvalue weighted by molar-refractivity contribution is -0.384. The third-order valence-corrected chi connectivity index (χ3v) is 5.58. The molecule has 0 fully saturated rings. The van der Waals surface area contributed by atoms with Crippen LogP contribution in [0.15, 0.2) is 84.0 Å². The number of ketones is 1. The van der Waals surface area contributed by atoms with Crippen LogP contribution in [0.3, 0.4) is 0 Å². The Labute approximate surface area is 183 Å². The average Bonchev–Trinajstić information content (AvgIpc) is 3.07. The Bertz CT molecular complexity index is 1200. The maximum Gasteiger partial charge on any atom is 0.281 e. The fourth-order valence-corrected chi connectivity index (χ4v) is 3.81.